The summed E-state index contributed by atoms with van der Waals surface area (Å²) in [6.07, 6.45) is 5.65. The molecular formula is C15H17N3OS. The molecule has 20 heavy (non-hydrogen) atoms. The molecule has 104 valence electrons. The molecule has 1 saturated heterocycles. The van der Waals surface area contributed by atoms with Crippen LogP contribution in [0.3, 0.4) is 0 Å². The van der Waals surface area contributed by atoms with E-state index in [1.807, 2.05) is 34.5 Å². The summed E-state index contributed by atoms with van der Waals surface area (Å²) in [4.78, 5) is 19.5. The Labute approximate surface area is 122 Å². The van der Waals surface area contributed by atoms with Crippen molar-refractivity contribution in [1.29, 1.82) is 0 Å². The Balaban J connectivity index is 1.64. The van der Waals surface area contributed by atoms with Crippen LogP contribution in [-0.4, -0.2) is 22.5 Å². The first kappa shape index (κ1) is 13.1. The van der Waals surface area contributed by atoms with Crippen molar-refractivity contribution in [3.8, 4) is 0 Å². The van der Waals surface area contributed by atoms with Crippen LogP contribution < -0.4 is 5.32 Å². The van der Waals surface area contributed by atoms with Gasteiger partial charge in [0.1, 0.15) is 0 Å². The Hall–Kier alpha value is -1.88. The van der Waals surface area contributed by atoms with Gasteiger partial charge in [-0.25, -0.2) is 4.79 Å². The van der Waals surface area contributed by atoms with Gasteiger partial charge in [0.05, 0.1) is 12.6 Å². The van der Waals surface area contributed by atoms with Crippen molar-refractivity contribution < 1.29 is 4.79 Å². The predicted octanol–water partition coefficient (Wildman–Crippen LogP) is 3.19. The van der Waals surface area contributed by atoms with E-state index in [1.165, 1.54) is 10.4 Å². The van der Waals surface area contributed by atoms with E-state index in [4.69, 9.17) is 0 Å². The number of aromatic nitrogens is 1. The van der Waals surface area contributed by atoms with Gasteiger partial charge in [-0.1, -0.05) is 6.07 Å². The van der Waals surface area contributed by atoms with E-state index in [0.717, 1.165) is 19.4 Å². The molecule has 5 heteroatoms. The summed E-state index contributed by atoms with van der Waals surface area (Å²) in [6.45, 7) is 1.43. The van der Waals surface area contributed by atoms with Crippen molar-refractivity contribution in [2.24, 2.45) is 0 Å². The van der Waals surface area contributed by atoms with Crippen LogP contribution in [0.5, 0.6) is 0 Å². The second-order valence-electron chi connectivity index (χ2n) is 4.87. The summed E-state index contributed by atoms with van der Waals surface area (Å²) in [5, 5.41) is 5.03. The van der Waals surface area contributed by atoms with Crippen LogP contribution in [0.1, 0.15) is 29.3 Å². The molecule has 1 unspecified atom stereocenters. The van der Waals surface area contributed by atoms with E-state index >= 15 is 0 Å². The quantitative estimate of drug-likeness (QED) is 0.942. The molecule has 1 aliphatic rings. The fourth-order valence-corrected chi connectivity index (χ4v) is 3.26. The number of amides is 2. The molecule has 3 heterocycles. The molecule has 0 aromatic carbocycles. The zero-order chi connectivity index (χ0) is 13.8. The van der Waals surface area contributed by atoms with Crippen molar-refractivity contribution in [1.82, 2.24) is 15.2 Å². The molecule has 2 aromatic rings. The number of pyridine rings is 1. The molecule has 0 bridgehead atoms. The van der Waals surface area contributed by atoms with Crippen LogP contribution in [0.15, 0.2) is 42.0 Å². The Bertz CT molecular complexity index is 556. The molecule has 1 fully saturated rings. The van der Waals surface area contributed by atoms with Gasteiger partial charge in [0.25, 0.3) is 0 Å². The van der Waals surface area contributed by atoms with Gasteiger partial charge >= 0.3 is 6.03 Å². The Morgan fingerprint density at radius 3 is 3.00 bits per heavy atom. The summed E-state index contributed by atoms with van der Waals surface area (Å²) in [5.41, 5.74) is 1.17. The Kier molecular flexibility index (Phi) is 3.97. The number of nitrogens with one attached hydrogen (secondary N) is 1. The van der Waals surface area contributed by atoms with Gasteiger partial charge in [-0.05, 0) is 42.0 Å². The van der Waals surface area contributed by atoms with Gasteiger partial charge in [0, 0.05) is 23.8 Å². The molecule has 0 radical (unpaired) electrons. The number of likely N-dealkylation sites (tertiary alicyclic amines) is 1. The lowest BCUT2D eigenvalue weighted by Crippen LogP contribution is -2.39. The first-order chi connectivity index (χ1) is 9.84. The van der Waals surface area contributed by atoms with Crippen LogP contribution in [0.4, 0.5) is 4.79 Å². The van der Waals surface area contributed by atoms with Gasteiger partial charge < -0.3 is 10.2 Å². The standard InChI is InChI=1S/C15H17N3OS/c19-15(17-11-13-3-2-10-20-13)18-9-1-4-14(18)12-5-7-16-8-6-12/h2-3,5-8,10,14H,1,4,9,11H2,(H,17,19). The normalized spacial score (nSPS) is 18.2. The third kappa shape index (κ3) is 2.82. The van der Waals surface area contributed by atoms with Crippen molar-refractivity contribution >= 4 is 17.4 Å². The van der Waals surface area contributed by atoms with Crippen molar-refractivity contribution in [2.45, 2.75) is 25.4 Å². The molecule has 4 nitrogen and oxygen atoms in total. The van der Waals surface area contributed by atoms with Crippen molar-refractivity contribution in [3.63, 3.8) is 0 Å². The third-order valence-corrected chi connectivity index (χ3v) is 4.47. The van der Waals surface area contributed by atoms with E-state index in [0.29, 0.717) is 6.54 Å². The second-order valence-corrected chi connectivity index (χ2v) is 5.90. The Morgan fingerprint density at radius 1 is 1.40 bits per heavy atom. The maximum atomic E-state index is 12.3. The molecule has 0 spiro atoms. The van der Waals surface area contributed by atoms with Crippen molar-refractivity contribution in [2.75, 3.05) is 6.54 Å². The lowest BCUT2D eigenvalue weighted by molar-refractivity contribution is 0.192. The molecule has 2 aromatic heterocycles. The molecule has 1 aliphatic heterocycles. The minimum absolute atomic E-state index is 0.0257. The van der Waals surface area contributed by atoms with Gasteiger partial charge in [-0.2, -0.15) is 0 Å². The lowest BCUT2D eigenvalue weighted by atomic mass is 10.1. The van der Waals surface area contributed by atoms with Crippen LogP contribution in [0, 0.1) is 0 Å². The van der Waals surface area contributed by atoms with Crippen LogP contribution in [0.2, 0.25) is 0 Å². The maximum absolute atomic E-state index is 12.3. The number of hydrogen-bond acceptors (Lipinski definition) is 3. The largest absolute Gasteiger partial charge is 0.333 e. The number of rotatable bonds is 3. The SMILES string of the molecule is O=C(NCc1cccs1)N1CCCC1c1ccncc1. The highest BCUT2D eigenvalue weighted by atomic mass is 32.1. The predicted molar refractivity (Wildman–Crippen MR) is 79.5 cm³/mol. The molecule has 1 N–H and O–H groups in total. The number of hydrogen-bond donors (Lipinski definition) is 1. The number of carbonyl (C=O) groups excluding carboxylic acids is 1. The van der Waals surface area contributed by atoms with E-state index in [-0.39, 0.29) is 12.1 Å². The zero-order valence-electron chi connectivity index (χ0n) is 11.2. The number of nitrogens with zero attached hydrogens (tertiary/aromatic N) is 2. The molecule has 2 amide bonds. The maximum Gasteiger partial charge on any atom is 0.318 e. The average molecular weight is 287 g/mol. The highest BCUT2D eigenvalue weighted by Crippen LogP contribution is 2.31. The van der Waals surface area contributed by atoms with Crippen molar-refractivity contribution in [3.05, 3.63) is 52.5 Å². The summed E-state index contributed by atoms with van der Waals surface area (Å²) < 4.78 is 0. The fourth-order valence-electron chi connectivity index (χ4n) is 2.62. The minimum atomic E-state index is 0.0257. The molecule has 3 rings (SSSR count). The van der Waals surface area contributed by atoms with Gasteiger partial charge in [0.15, 0.2) is 0 Å². The zero-order valence-corrected chi connectivity index (χ0v) is 12.0. The first-order valence-corrected chi connectivity index (χ1v) is 7.69. The van der Waals surface area contributed by atoms with E-state index in [1.54, 1.807) is 23.7 Å². The number of thiophene rings is 1. The Morgan fingerprint density at radius 2 is 2.25 bits per heavy atom. The fraction of sp³-hybridized carbons (Fsp3) is 0.333. The summed E-state index contributed by atoms with van der Waals surface area (Å²) in [7, 11) is 0. The smallest absolute Gasteiger partial charge is 0.318 e. The van der Waals surface area contributed by atoms with Gasteiger partial charge in [0.2, 0.25) is 0 Å². The minimum Gasteiger partial charge on any atom is -0.333 e. The molecular weight excluding hydrogens is 270 g/mol. The number of carbonyl (C=O) groups is 1. The van der Waals surface area contributed by atoms with Gasteiger partial charge in [-0.3, -0.25) is 4.98 Å². The van der Waals surface area contributed by atoms with Crippen LogP contribution >= 0.6 is 11.3 Å². The number of urea groups is 1. The molecule has 0 aliphatic carbocycles. The topological polar surface area (TPSA) is 45.2 Å². The second kappa shape index (κ2) is 6.05. The van der Waals surface area contributed by atoms with Gasteiger partial charge in [-0.15, -0.1) is 11.3 Å². The highest BCUT2D eigenvalue weighted by molar-refractivity contribution is 7.09. The van der Waals surface area contributed by atoms with E-state index in [9.17, 15) is 4.79 Å². The summed E-state index contributed by atoms with van der Waals surface area (Å²) in [6, 6.07) is 8.24. The first-order valence-electron chi connectivity index (χ1n) is 6.81. The third-order valence-electron chi connectivity index (χ3n) is 3.60. The lowest BCUT2D eigenvalue weighted by Gasteiger charge is -2.25. The van der Waals surface area contributed by atoms with Crippen LogP contribution in [-0.2, 0) is 6.54 Å². The van der Waals surface area contributed by atoms with E-state index < -0.39 is 0 Å². The highest BCUT2D eigenvalue weighted by Gasteiger charge is 2.29. The molecule has 0 saturated carbocycles. The monoisotopic (exact) mass is 287 g/mol. The summed E-state index contributed by atoms with van der Waals surface area (Å²) in [5.74, 6) is 0. The van der Waals surface area contributed by atoms with Crippen LogP contribution in [0.25, 0.3) is 0 Å². The molecule has 1 atom stereocenters. The van der Waals surface area contributed by atoms with E-state index in [2.05, 4.69) is 10.3 Å². The summed E-state index contributed by atoms with van der Waals surface area (Å²) >= 11 is 1.66. The average Bonchev–Trinajstić information content (AvgIpc) is 3.17.